The second-order valence-electron chi connectivity index (χ2n) is 4.62. The van der Waals surface area contributed by atoms with Crippen LogP contribution in [-0.2, 0) is 14.3 Å². The normalized spacial score (nSPS) is 20.5. The van der Waals surface area contributed by atoms with Gasteiger partial charge < -0.3 is 15.4 Å². The lowest BCUT2D eigenvalue weighted by molar-refractivity contribution is -0.150. The molecular weight excluding hydrogens is 315 g/mol. The molecule has 1 saturated heterocycles. The van der Waals surface area contributed by atoms with Crippen LogP contribution in [0.1, 0.15) is 6.92 Å². The zero-order valence-electron chi connectivity index (χ0n) is 11.6. The molecule has 1 aromatic rings. The van der Waals surface area contributed by atoms with E-state index in [9.17, 15) is 9.59 Å². The molecule has 5 nitrogen and oxygen atoms in total. The summed E-state index contributed by atoms with van der Waals surface area (Å²) < 4.78 is 5.00. The van der Waals surface area contributed by atoms with Gasteiger partial charge in [-0.2, -0.15) is 0 Å². The topological polar surface area (TPSA) is 67.4 Å². The van der Waals surface area contributed by atoms with Gasteiger partial charge in [0, 0.05) is 23.8 Å². The quantitative estimate of drug-likeness (QED) is 0.828. The number of nitrogens with one attached hydrogen (secondary N) is 2. The maximum atomic E-state index is 12.2. The fourth-order valence-electron chi connectivity index (χ4n) is 2.22. The van der Waals surface area contributed by atoms with Gasteiger partial charge in [0.05, 0.1) is 18.4 Å². The highest BCUT2D eigenvalue weighted by Crippen LogP contribution is 2.21. The van der Waals surface area contributed by atoms with E-state index < -0.39 is 11.8 Å². The largest absolute Gasteiger partial charge is 0.466 e. The van der Waals surface area contributed by atoms with Gasteiger partial charge in [-0.25, -0.2) is 0 Å². The molecule has 0 unspecified atom stereocenters. The van der Waals surface area contributed by atoms with Gasteiger partial charge in [0.1, 0.15) is 0 Å². The molecule has 1 aromatic carbocycles. The Morgan fingerprint density at radius 3 is 2.52 bits per heavy atom. The number of carbonyl (C=O) groups is 2. The molecule has 0 aromatic heterocycles. The third kappa shape index (κ3) is 4.59. The molecule has 1 aliphatic rings. The van der Waals surface area contributed by atoms with Crippen LogP contribution >= 0.6 is 24.0 Å². The molecule has 7 heteroatoms. The van der Waals surface area contributed by atoms with Crippen molar-refractivity contribution in [3.63, 3.8) is 0 Å². The summed E-state index contributed by atoms with van der Waals surface area (Å²) in [5, 5.41) is 6.45. The summed E-state index contributed by atoms with van der Waals surface area (Å²) in [7, 11) is 0. The van der Waals surface area contributed by atoms with E-state index in [4.69, 9.17) is 16.3 Å². The Morgan fingerprint density at radius 1 is 1.29 bits per heavy atom. The van der Waals surface area contributed by atoms with Crippen LogP contribution in [0.3, 0.4) is 0 Å². The molecular formula is C14H18Cl2N2O3. The van der Waals surface area contributed by atoms with Crippen LogP contribution in [-0.4, -0.2) is 31.6 Å². The molecule has 1 fully saturated rings. The number of rotatable bonds is 4. The number of esters is 1. The molecule has 0 aliphatic carbocycles. The van der Waals surface area contributed by atoms with Crippen molar-refractivity contribution in [1.29, 1.82) is 0 Å². The number of benzene rings is 1. The summed E-state index contributed by atoms with van der Waals surface area (Å²) in [6, 6.07) is 6.85. The molecule has 2 N–H and O–H groups in total. The first-order valence-corrected chi connectivity index (χ1v) is 6.93. The Labute approximate surface area is 134 Å². The van der Waals surface area contributed by atoms with Gasteiger partial charge in [0.15, 0.2) is 0 Å². The molecule has 0 bridgehead atoms. The number of ether oxygens (including phenoxy) is 1. The Balaban J connectivity index is 0.00000220. The summed E-state index contributed by atoms with van der Waals surface area (Å²) in [6.07, 6.45) is 0. The van der Waals surface area contributed by atoms with Crippen LogP contribution < -0.4 is 10.6 Å². The monoisotopic (exact) mass is 332 g/mol. The van der Waals surface area contributed by atoms with Crippen LogP contribution in [0, 0.1) is 11.8 Å². The smallest absolute Gasteiger partial charge is 0.311 e. The molecule has 2 atom stereocenters. The van der Waals surface area contributed by atoms with E-state index in [1.54, 1.807) is 31.2 Å². The lowest BCUT2D eigenvalue weighted by atomic mass is 9.95. The molecule has 2 rings (SSSR count). The van der Waals surface area contributed by atoms with E-state index >= 15 is 0 Å². The maximum Gasteiger partial charge on any atom is 0.311 e. The van der Waals surface area contributed by atoms with Crippen molar-refractivity contribution in [3.05, 3.63) is 29.3 Å². The van der Waals surface area contributed by atoms with Crippen molar-refractivity contribution in [2.75, 3.05) is 25.0 Å². The van der Waals surface area contributed by atoms with Crippen LogP contribution in [0.2, 0.25) is 5.02 Å². The minimum atomic E-state index is -0.428. The summed E-state index contributed by atoms with van der Waals surface area (Å²) in [5.74, 6) is -1.35. The van der Waals surface area contributed by atoms with E-state index in [1.165, 1.54) is 0 Å². The average molecular weight is 333 g/mol. The third-order valence-corrected chi connectivity index (χ3v) is 3.50. The van der Waals surface area contributed by atoms with Gasteiger partial charge in [-0.15, -0.1) is 12.4 Å². The van der Waals surface area contributed by atoms with Gasteiger partial charge >= 0.3 is 5.97 Å². The van der Waals surface area contributed by atoms with Gasteiger partial charge in [-0.1, -0.05) is 11.6 Å². The number of anilines is 1. The predicted octanol–water partition coefficient (Wildman–Crippen LogP) is 2.10. The number of hydrogen-bond acceptors (Lipinski definition) is 4. The van der Waals surface area contributed by atoms with Crippen molar-refractivity contribution in [2.45, 2.75) is 6.92 Å². The van der Waals surface area contributed by atoms with E-state index in [-0.39, 0.29) is 24.3 Å². The van der Waals surface area contributed by atoms with E-state index in [2.05, 4.69) is 10.6 Å². The summed E-state index contributed by atoms with van der Waals surface area (Å²) >= 11 is 5.79. The fourth-order valence-corrected chi connectivity index (χ4v) is 2.35. The van der Waals surface area contributed by atoms with E-state index in [0.717, 1.165) is 0 Å². The number of amides is 1. The second kappa shape index (κ2) is 8.22. The molecule has 1 heterocycles. The zero-order chi connectivity index (χ0) is 14.5. The van der Waals surface area contributed by atoms with Crippen LogP contribution in [0.5, 0.6) is 0 Å². The van der Waals surface area contributed by atoms with E-state index in [1.807, 2.05) is 0 Å². The van der Waals surface area contributed by atoms with Crippen LogP contribution in [0.25, 0.3) is 0 Å². The Kier molecular flexibility index (Phi) is 6.95. The SMILES string of the molecule is CCOC(=O)[C@H]1CNC[C@@H]1C(=O)Nc1ccc(Cl)cc1.Cl. The Morgan fingerprint density at radius 2 is 1.90 bits per heavy atom. The first kappa shape index (κ1) is 17.8. The molecule has 1 amide bonds. The molecule has 21 heavy (non-hydrogen) atoms. The lowest BCUT2D eigenvalue weighted by Gasteiger charge is -2.16. The van der Waals surface area contributed by atoms with Gasteiger partial charge in [-0.05, 0) is 31.2 Å². The van der Waals surface area contributed by atoms with Crippen molar-refractivity contribution < 1.29 is 14.3 Å². The summed E-state index contributed by atoms with van der Waals surface area (Å²) in [4.78, 5) is 24.0. The fraction of sp³-hybridized carbons (Fsp3) is 0.429. The van der Waals surface area contributed by atoms with Crippen LogP contribution in [0.4, 0.5) is 5.69 Å². The molecule has 0 radical (unpaired) electrons. The zero-order valence-corrected chi connectivity index (χ0v) is 13.2. The average Bonchev–Trinajstić information content (AvgIpc) is 2.91. The highest BCUT2D eigenvalue weighted by Gasteiger charge is 2.38. The summed E-state index contributed by atoms with van der Waals surface area (Å²) in [6.45, 7) is 3.02. The molecule has 116 valence electrons. The number of carbonyl (C=O) groups excluding carboxylic acids is 2. The first-order valence-electron chi connectivity index (χ1n) is 6.55. The van der Waals surface area contributed by atoms with Crippen LogP contribution in [0.15, 0.2) is 24.3 Å². The van der Waals surface area contributed by atoms with Crippen molar-refractivity contribution >= 4 is 41.6 Å². The minimum Gasteiger partial charge on any atom is -0.466 e. The maximum absolute atomic E-state index is 12.2. The lowest BCUT2D eigenvalue weighted by Crippen LogP contribution is -2.33. The minimum absolute atomic E-state index is 0. The van der Waals surface area contributed by atoms with Crippen molar-refractivity contribution in [2.24, 2.45) is 11.8 Å². The van der Waals surface area contributed by atoms with E-state index in [0.29, 0.717) is 30.4 Å². The van der Waals surface area contributed by atoms with Gasteiger partial charge in [-0.3, -0.25) is 9.59 Å². The number of hydrogen-bond donors (Lipinski definition) is 2. The second-order valence-corrected chi connectivity index (χ2v) is 5.06. The van der Waals surface area contributed by atoms with Gasteiger partial charge in [0.25, 0.3) is 0 Å². The highest BCUT2D eigenvalue weighted by molar-refractivity contribution is 6.30. The predicted molar refractivity (Wildman–Crippen MR) is 83.8 cm³/mol. The van der Waals surface area contributed by atoms with Crippen molar-refractivity contribution in [1.82, 2.24) is 5.32 Å². The Bertz CT molecular complexity index is 493. The standard InChI is InChI=1S/C14H17ClN2O3.ClH/c1-2-20-14(19)12-8-16-7-11(12)13(18)17-10-5-3-9(15)4-6-10;/h3-6,11-12,16H,2,7-8H2,1H3,(H,17,18);1H/t11-,12-;/m0./s1. The first-order chi connectivity index (χ1) is 9.61. The Hall–Kier alpha value is -1.30. The molecule has 0 spiro atoms. The van der Waals surface area contributed by atoms with Crippen molar-refractivity contribution in [3.8, 4) is 0 Å². The third-order valence-electron chi connectivity index (χ3n) is 3.25. The number of halogens is 2. The van der Waals surface area contributed by atoms with Gasteiger partial charge in [0.2, 0.25) is 5.91 Å². The molecule has 0 saturated carbocycles. The summed E-state index contributed by atoms with van der Waals surface area (Å²) in [5.41, 5.74) is 0.661. The highest BCUT2D eigenvalue weighted by atomic mass is 35.5. The molecule has 1 aliphatic heterocycles.